The topological polar surface area (TPSA) is 32.3 Å². The minimum Gasteiger partial charge on any atom is -0.394 e. The molecule has 110 valence electrons. The average molecular weight is 346 g/mol. The van der Waals surface area contributed by atoms with E-state index in [4.69, 9.17) is 0 Å². The largest absolute Gasteiger partial charge is 0.394 e. The minimum atomic E-state index is 0.0215. The van der Waals surface area contributed by atoms with Gasteiger partial charge >= 0.3 is 0 Å². The first-order chi connectivity index (χ1) is 10.3. The Kier molecular flexibility index (Phi) is 4.73. The number of hydrogen-bond acceptors (Lipinski definition) is 2. The molecule has 0 heterocycles. The molecule has 0 aromatic heterocycles. The standard InChI is InChI=1S/C18H20BrNO/c19-16-8-6-15-11-17(9-7-14(15)10-16)20-18(12-21)13-4-2-1-3-5-13/h1-6,8,10,17-18,20-21H,7,9,11-12H2. The predicted octanol–water partition coefficient (Wildman–Crippen LogP) is 3.63. The van der Waals surface area contributed by atoms with Gasteiger partial charge < -0.3 is 10.4 Å². The molecule has 0 amide bonds. The van der Waals surface area contributed by atoms with Gasteiger partial charge in [-0.05, 0) is 48.1 Å². The van der Waals surface area contributed by atoms with Crippen LogP contribution >= 0.6 is 15.9 Å². The van der Waals surface area contributed by atoms with Gasteiger partial charge in [-0.25, -0.2) is 0 Å². The molecule has 2 N–H and O–H groups in total. The van der Waals surface area contributed by atoms with Crippen molar-refractivity contribution >= 4 is 15.9 Å². The van der Waals surface area contributed by atoms with E-state index in [0.717, 1.165) is 29.3 Å². The number of rotatable bonds is 4. The molecule has 2 aromatic rings. The third kappa shape index (κ3) is 3.54. The van der Waals surface area contributed by atoms with Gasteiger partial charge in [-0.15, -0.1) is 0 Å². The molecule has 0 aliphatic heterocycles. The zero-order valence-corrected chi connectivity index (χ0v) is 13.5. The Morgan fingerprint density at radius 2 is 1.95 bits per heavy atom. The van der Waals surface area contributed by atoms with Crippen molar-refractivity contribution in [2.75, 3.05) is 6.61 Å². The van der Waals surface area contributed by atoms with Gasteiger partial charge in [-0.2, -0.15) is 0 Å². The first kappa shape index (κ1) is 14.8. The molecular weight excluding hydrogens is 326 g/mol. The summed E-state index contributed by atoms with van der Waals surface area (Å²) in [5.74, 6) is 0. The van der Waals surface area contributed by atoms with Crippen LogP contribution in [0.5, 0.6) is 0 Å². The fraction of sp³-hybridized carbons (Fsp3) is 0.333. The first-order valence-electron chi connectivity index (χ1n) is 7.45. The molecule has 0 fully saturated rings. The average Bonchev–Trinajstić information content (AvgIpc) is 2.53. The third-order valence-electron chi connectivity index (χ3n) is 4.22. The molecule has 3 rings (SSSR count). The monoisotopic (exact) mass is 345 g/mol. The van der Waals surface area contributed by atoms with Crippen molar-refractivity contribution in [3.63, 3.8) is 0 Å². The zero-order chi connectivity index (χ0) is 14.7. The van der Waals surface area contributed by atoms with Crippen molar-refractivity contribution in [2.45, 2.75) is 31.3 Å². The second-order valence-electron chi connectivity index (χ2n) is 5.67. The van der Waals surface area contributed by atoms with Crippen LogP contribution < -0.4 is 5.32 Å². The van der Waals surface area contributed by atoms with Crippen LogP contribution in [0.3, 0.4) is 0 Å². The lowest BCUT2D eigenvalue weighted by atomic mass is 9.87. The molecule has 0 spiro atoms. The van der Waals surface area contributed by atoms with E-state index in [1.807, 2.05) is 18.2 Å². The highest BCUT2D eigenvalue weighted by Gasteiger charge is 2.21. The summed E-state index contributed by atoms with van der Waals surface area (Å²) in [6.45, 7) is 0.133. The Hall–Kier alpha value is -1.16. The van der Waals surface area contributed by atoms with Crippen LogP contribution in [0.4, 0.5) is 0 Å². The molecule has 2 nitrogen and oxygen atoms in total. The van der Waals surface area contributed by atoms with Gasteiger partial charge in [0.1, 0.15) is 0 Å². The van der Waals surface area contributed by atoms with Gasteiger partial charge in [0.2, 0.25) is 0 Å². The number of aryl methyl sites for hydroxylation is 1. The van der Waals surface area contributed by atoms with Crippen molar-refractivity contribution in [1.29, 1.82) is 0 Å². The fourth-order valence-electron chi connectivity index (χ4n) is 3.09. The highest BCUT2D eigenvalue weighted by molar-refractivity contribution is 9.10. The van der Waals surface area contributed by atoms with Crippen LogP contribution in [0.25, 0.3) is 0 Å². The Labute approximate surface area is 134 Å². The van der Waals surface area contributed by atoms with Crippen LogP contribution in [0, 0.1) is 0 Å². The van der Waals surface area contributed by atoms with E-state index >= 15 is 0 Å². The Morgan fingerprint density at radius 3 is 2.71 bits per heavy atom. The first-order valence-corrected chi connectivity index (χ1v) is 8.24. The normalized spacial score (nSPS) is 19.0. The molecule has 21 heavy (non-hydrogen) atoms. The smallest absolute Gasteiger partial charge is 0.0626 e. The molecule has 0 saturated heterocycles. The van der Waals surface area contributed by atoms with E-state index in [1.165, 1.54) is 11.1 Å². The quantitative estimate of drug-likeness (QED) is 0.886. The van der Waals surface area contributed by atoms with Gasteiger partial charge in [0.05, 0.1) is 12.6 Å². The highest BCUT2D eigenvalue weighted by atomic mass is 79.9. The molecule has 1 aliphatic carbocycles. The molecule has 2 unspecified atom stereocenters. The van der Waals surface area contributed by atoms with Crippen molar-refractivity contribution in [3.05, 3.63) is 69.7 Å². The van der Waals surface area contributed by atoms with Crippen LogP contribution in [-0.4, -0.2) is 17.8 Å². The summed E-state index contributed by atoms with van der Waals surface area (Å²) in [5, 5.41) is 13.3. The summed E-state index contributed by atoms with van der Waals surface area (Å²) in [4.78, 5) is 0. The lowest BCUT2D eigenvalue weighted by Gasteiger charge is -2.29. The molecule has 0 saturated carbocycles. The van der Waals surface area contributed by atoms with Gasteiger partial charge in [-0.3, -0.25) is 0 Å². The van der Waals surface area contributed by atoms with E-state index in [1.54, 1.807) is 0 Å². The van der Waals surface area contributed by atoms with Gasteiger partial charge in [-0.1, -0.05) is 52.3 Å². The summed E-state index contributed by atoms with van der Waals surface area (Å²) in [6, 6.07) is 17.2. The highest BCUT2D eigenvalue weighted by Crippen LogP contribution is 2.26. The molecule has 3 heteroatoms. The number of benzene rings is 2. The molecular formula is C18H20BrNO. The second-order valence-corrected chi connectivity index (χ2v) is 6.58. The molecule has 1 aliphatic rings. The number of halogens is 1. The maximum atomic E-state index is 9.67. The Bertz CT molecular complexity index is 599. The lowest BCUT2D eigenvalue weighted by Crippen LogP contribution is -2.38. The van der Waals surface area contributed by atoms with E-state index in [9.17, 15) is 5.11 Å². The van der Waals surface area contributed by atoms with Crippen LogP contribution in [0.15, 0.2) is 53.0 Å². The van der Waals surface area contributed by atoms with E-state index in [0.29, 0.717) is 6.04 Å². The van der Waals surface area contributed by atoms with Crippen LogP contribution in [0.2, 0.25) is 0 Å². The fourth-order valence-corrected chi connectivity index (χ4v) is 3.50. The number of nitrogens with one attached hydrogen (secondary N) is 1. The maximum Gasteiger partial charge on any atom is 0.0626 e. The summed E-state index contributed by atoms with van der Waals surface area (Å²) in [6.07, 6.45) is 3.25. The van der Waals surface area contributed by atoms with E-state index in [2.05, 4.69) is 51.6 Å². The van der Waals surface area contributed by atoms with Gasteiger partial charge in [0.15, 0.2) is 0 Å². The number of aliphatic hydroxyl groups is 1. The minimum absolute atomic E-state index is 0.0215. The summed E-state index contributed by atoms with van der Waals surface area (Å²) >= 11 is 3.54. The third-order valence-corrected chi connectivity index (χ3v) is 4.71. The molecule has 2 aromatic carbocycles. The molecule has 0 radical (unpaired) electrons. The van der Waals surface area contributed by atoms with Crippen molar-refractivity contribution in [3.8, 4) is 0 Å². The summed E-state index contributed by atoms with van der Waals surface area (Å²) in [5.41, 5.74) is 4.02. The molecule has 2 atom stereocenters. The van der Waals surface area contributed by atoms with Gasteiger partial charge in [0, 0.05) is 10.5 Å². The predicted molar refractivity (Wildman–Crippen MR) is 89.4 cm³/mol. The summed E-state index contributed by atoms with van der Waals surface area (Å²) in [7, 11) is 0. The number of hydrogen-bond donors (Lipinski definition) is 2. The second kappa shape index (κ2) is 6.73. The summed E-state index contributed by atoms with van der Waals surface area (Å²) < 4.78 is 1.16. The maximum absolute atomic E-state index is 9.67. The van der Waals surface area contributed by atoms with Crippen LogP contribution in [-0.2, 0) is 12.8 Å². The Balaban J connectivity index is 1.70. The number of fused-ring (bicyclic) bond motifs is 1. The van der Waals surface area contributed by atoms with Crippen molar-refractivity contribution in [1.82, 2.24) is 5.32 Å². The van der Waals surface area contributed by atoms with Crippen molar-refractivity contribution < 1.29 is 5.11 Å². The van der Waals surface area contributed by atoms with Gasteiger partial charge in [0.25, 0.3) is 0 Å². The Morgan fingerprint density at radius 1 is 1.14 bits per heavy atom. The van der Waals surface area contributed by atoms with E-state index < -0.39 is 0 Å². The van der Waals surface area contributed by atoms with Crippen LogP contribution in [0.1, 0.15) is 29.2 Å². The number of aliphatic hydroxyl groups excluding tert-OH is 1. The lowest BCUT2D eigenvalue weighted by molar-refractivity contribution is 0.228. The molecule has 0 bridgehead atoms. The SMILES string of the molecule is OCC(NC1CCc2cc(Br)ccc2C1)c1ccccc1. The van der Waals surface area contributed by atoms with Crippen molar-refractivity contribution in [2.24, 2.45) is 0 Å². The van der Waals surface area contributed by atoms with E-state index in [-0.39, 0.29) is 12.6 Å². The zero-order valence-electron chi connectivity index (χ0n) is 11.9.